The summed E-state index contributed by atoms with van der Waals surface area (Å²) in [6.45, 7) is 2.34. The van der Waals surface area contributed by atoms with Crippen LogP contribution < -0.4 is 5.32 Å². The van der Waals surface area contributed by atoms with E-state index in [1.807, 2.05) is 49.4 Å². The summed E-state index contributed by atoms with van der Waals surface area (Å²) in [6, 6.07) is 18.3. The van der Waals surface area contributed by atoms with Gasteiger partial charge >= 0.3 is 0 Å². The number of nitrogens with one attached hydrogen (secondary N) is 1. The zero-order chi connectivity index (χ0) is 22.8. The van der Waals surface area contributed by atoms with Gasteiger partial charge in [0.25, 0.3) is 0 Å². The molecule has 0 radical (unpaired) electrons. The Bertz CT molecular complexity index is 1440. The minimum atomic E-state index is -0.293. The van der Waals surface area contributed by atoms with E-state index in [4.69, 9.17) is 0 Å². The van der Waals surface area contributed by atoms with Crippen molar-refractivity contribution in [2.45, 2.75) is 20.0 Å². The number of halogens is 1. The van der Waals surface area contributed by atoms with E-state index in [1.54, 1.807) is 34.0 Å². The van der Waals surface area contributed by atoms with Gasteiger partial charge in [-0.2, -0.15) is 10.2 Å². The van der Waals surface area contributed by atoms with Gasteiger partial charge in [-0.05, 0) is 41.8 Å². The number of fused-ring (bicyclic) bond motifs is 1. The minimum Gasteiger partial charge on any atom is -0.322 e. The monoisotopic (exact) mass is 440 g/mol. The van der Waals surface area contributed by atoms with Crippen molar-refractivity contribution in [1.82, 2.24) is 24.5 Å². The Kier molecular flexibility index (Phi) is 5.40. The van der Waals surface area contributed by atoms with Crippen molar-refractivity contribution < 1.29 is 9.18 Å². The molecule has 0 spiro atoms. The fourth-order valence-corrected chi connectivity index (χ4v) is 3.92. The van der Waals surface area contributed by atoms with Gasteiger partial charge in [0.05, 0.1) is 24.1 Å². The van der Waals surface area contributed by atoms with Crippen molar-refractivity contribution >= 4 is 22.6 Å². The number of hydrogen-bond acceptors (Lipinski definition) is 4. The minimum absolute atomic E-state index is 0.0185. The second-order valence-electron chi connectivity index (χ2n) is 7.77. The molecule has 0 atom stereocenters. The van der Waals surface area contributed by atoms with Crippen LogP contribution in [0.1, 0.15) is 11.3 Å². The summed E-state index contributed by atoms with van der Waals surface area (Å²) in [7, 11) is 0. The number of aromatic nitrogens is 5. The first-order valence-electron chi connectivity index (χ1n) is 10.5. The SMILES string of the molecule is Cc1nn(CC(=O)Nc2cnn(Cc3cccc(F)c3)c2)c2nccc(-c3ccccc3)c12. The van der Waals surface area contributed by atoms with Crippen LogP contribution >= 0.6 is 0 Å². The summed E-state index contributed by atoms with van der Waals surface area (Å²) in [5.41, 5.74) is 4.92. The molecule has 0 unspecified atom stereocenters. The quantitative estimate of drug-likeness (QED) is 0.424. The molecule has 2 aromatic carbocycles. The highest BCUT2D eigenvalue weighted by molar-refractivity contribution is 5.96. The molecule has 1 N–H and O–H groups in total. The molecule has 0 aliphatic rings. The molecule has 0 aliphatic heterocycles. The number of nitrogens with zero attached hydrogens (tertiary/aromatic N) is 5. The smallest absolute Gasteiger partial charge is 0.246 e. The Morgan fingerprint density at radius 3 is 2.76 bits per heavy atom. The molecule has 3 heterocycles. The summed E-state index contributed by atoms with van der Waals surface area (Å²) in [5.74, 6) is -0.532. The van der Waals surface area contributed by atoms with Gasteiger partial charge in [0.1, 0.15) is 12.4 Å². The second kappa shape index (κ2) is 8.66. The zero-order valence-electron chi connectivity index (χ0n) is 17.9. The maximum atomic E-state index is 13.4. The van der Waals surface area contributed by atoms with E-state index in [2.05, 4.69) is 20.5 Å². The molecule has 0 bridgehead atoms. The first-order chi connectivity index (χ1) is 16.1. The van der Waals surface area contributed by atoms with Crippen LogP contribution in [0.5, 0.6) is 0 Å². The number of carbonyl (C=O) groups excluding carboxylic acids is 1. The summed E-state index contributed by atoms with van der Waals surface area (Å²) in [6.07, 6.45) is 5.01. The second-order valence-corrected chi connectivity index (χ2v) is 7.77. The number of anilines is 1. The standard InChI is InChI=1S/C25H21FN6O/c1-17-24-22(19-7-3-2-4-8-19)10-11-27-25(24)32(30-17)16-23(33)29-21-13-28-31(15-21)14-18-6-5-9-20(26)12-18/h2-13,15H,14,16H2,1H3,(H,29,33). The molecule has 5 aromatic rings. The van der Waals surface area contributed by atoms with E-state index >= 15 is 0 Å². The predicted molar refractivity (Wildman–Crippen MR) is 124 cm³/mol. The van der Waals surface area contributed by atoms with E-state index in [1.165, 1.54) is 12.1 Å². The number of benzene rings is 2. The molecule has 1 amide bonds. The van der Waals surface area contributed by atoms with E-state index in [9.17, 15) is 9.18 Å². The average Bonchev–Trinajstić information content (AvgIpc) is 3.38. The summed E-state index contributed by atoms with van der Waals surface area (Å²) in [5, 5.41) is 12.6. The molecular weight excluding hydrogens is 419 g/mol. The molecule has 0 saturated carbocycles. The van der Waals surface area contributed by atoms with E-state index in [0.29, 0.717) is 17.9 Å². The van der Waals surface area contributed by atoms with Gasteiger partial charge < -0.3 is 5.32 Å². The molecule has 7 nitrogen and oxygen atoms in total. The zero-order valence-corrected chi connectivity index (χ0v) is 17.9. The molecule has 33 heavy (non-hydrogen) atoms. The van der Waals surface area contributed by atoms with Crippen molar-refractivity contribution in [2.75, 3.05) is 5.32 Å². The third kappa shape index (κ3) is 4.36. The number of amides is 1. The van der Waals surface area contributed by atoms with Crippen LogP contribution in [0.25, 0.3) is 22.2 Å². The van der Waals surface area contributed by atoms with Crippen molar-refractivity contribution in [3.63, 3.8) is 0 Å². The Labute approximate surface area is 189 Å². The highest BCUT2D eigenvalue weighted by Gasteiger charge is 2.16. The highest BCUT2D eigenvalue weighted by Crippen LogP contribution is 2.29. The fraction of sp³-hybridized carbons (Fsp3) is 0.120. The van der Waals surface area contributed by atoms with E-state index in [0.717, 1.165) is 27.8 Å². The normalized spacial score (nSPS) is 11.1. The third-order valence-corrected chi connectivity index (χ3v) is 5.34. The molecular formula is C25H21FN6O. The summed E-state index contributed by atoms with van der Waals surface area (Å²) < 4.78 is 16.6. The van der Waals surface area contributed by atoms with Crippen LogP contribution in [0.15, 0.2) is 79.3 Å². The number of hydrogen-bond donors (Lipinski definition) is 1. The lowest BCUT2D eigenvalue weighted by molar-refractivity contribution is -0.116. The van der Waals surface area contributed by atoms with Crippen molar-refractivity contribution in [3.8, 4) is 11.1 Å². The van der Waals surface area contributed by atoms with Gasteiger partial charge in [-0.25, -0.2) is 14.1 Å². The number of aryl methyl sites for hydroxylation is 1. The van der Waals surface area contributed by atoms with Crippen LogP contribution in [0, 0.1) is 12.7 Å². The van der Waals surface area contributed by atoms with Gasteiger partial charge in [-0.3, -0.25) is 9.48 Å². The first kappa shape index (κ1) is 20.6. The van der Waals surface area contributed by atoms with Gasteiger partial charge in [0, 0.05) is 17.8 Å². The van der Waals surface area contributed by atoms with Crippen LogP contribution in [-0.2, 0) is 17.9 Å². The lowest BCUT2D eigenvalue weighted by Crippen LogP contribution is -2.19. The van der Waals surface area contributed by atoms with Crippen LogP contribution in [0.4, 0.5) is 10.1 Å². The summed E-state index contributed by atoms with van der Waals surface area (Å²) in [4.78, 5) is 17.2. The highest BCUT2D eigenvalue weighted by atomic mass is 19.1. The molecule has 0 aliphatic carbocycles. The largest absolute Gasteiger partial charge is 0.322 e. The lowest BCUT2D eigenvalue weighted by atomic mass is 10.0. The Morgan fingerprint density at radius 1 is 1.09 bits per heavy atom. The Balaban J connectivity index is 1.33. The molecule has 8 heteroatoms. The topological polar surface area (TPSA) is 77.6 Å². The van der Waals surface area contributed by atoms with Crippen LogP contribution in [0.2, 0.25) is 0 Å². The molecule has 0 saturated heterocycles. The fourth-order valence-electron chi connectivity index (χ4n) is 3.92. The van der Waals surface area contributed by atoms with E-state index < -0.39 is 0 Å². The number of pyridine rings is 1. The molecule has 164 valence electrons. The van der Waals surface area contributed by atoms with E-state index in [-0.39, 0.29) is 18.3 Å². The van der Waals surface area contributed by atoms with Crippen molar-refractivity contribution in [1.29, 1.82) is 0 Å². The first-order valence-corrected chi connectivity index (χ1v) is 10.5. The Morgan fingerprint density at radius 2 is 1.94 bits per heavy atom. The maximum Gasteiger partial charge on any atom is 0.246 e. The third-order valence-electron chi connectivity index (χ3n) is 5.34. The number of rotatable bonds is 6. The predicted octanol–water partition coefficient (Wildman–Crippen LogP) is 4.43. The van der Waals surface area contributed by atoms with Gasteiger partial charge in [-0.1, -0.05) is 42.5 Å². The lowest BCUT2D eigenvalue weighted by Gasteiger charge is -2.06. The van der Waals surface area contributed by atoms with Gasteiger partial charge in [-0.15, -0.1) is 0 Å². The van der Waals surface area contributed by atoms with Crippen molar-refractivity contribution in [3.05, 3.63) is 96.3 Å². The van der Waals surface area contributed by atoms with Crippen LogP contribution in [0.3, 0.4) is 0 Å². The van der Waals surface area contributed by atoms with Crippen LogP contribution in [-0.4, -0.2) is 30.5 Å². The molecule has 3 aromatic heterocycles. The summed E-state index contributed by atoms with van der Waals surface area (Å²) >= 11 is 0. The average molecular weight is 440 g/mol. The number of carbonyl (C=O) groups is 1. The maximum absolute atomic E-state index is 13.4. The van der Waals surface area contributed by atoms with Gasteiger partial charge in [0.15, 0.2) is 5.65 Å². The molecule has 5 rings (SSSR count). The van der Waals surface area contributed by atoms with Crippen molar-refractivity contribution in [2.24, 2.45) is 0 Å². The molecule has 0 fully saturated rings. The Hall–Kier alpha value is -4.33. The van der Waals surface area contributed by atoms with Gasteiger partial charge in [0.2, 0.25) is 5.91 Å².